The Balaban J connectivity index is 1.97. The number of carbonyl (C=O) groups excluding carboxylic acids is 1. The molecule has 1 atom stereocenters. The highest BCUT2D eigenvalue weighted by Gasteiger charge is 2.44. The van der Waals surface area contributed by atoms with Gasteiger partial charge in [0.1, 0.15) is 11.6 Å². The van der Waals surface area contributed by atoms with E-state index in [1.54, 1.807) is 36.3 Å². The highest BCUT2D eigenvalue weighted by molar-refractivity contribution is 6.01. The third-order valence-corrected chi connectivity index (χ3v) is 6.13. The van der Waals surface area contributed by atoms with Crippen LogP contribution in [0.5, 0.6) is 5.75 Å². The van der Waals surface area contributed by atoms with E-state index in [-0.39, 0.29) is 28.3 Å². The van der Waals surface area contributed by atoms with E-state index < -0.39 is 10.8 Å². The van der Waals surface area contributed by atoms with E-state index in [0.717, 1.165) is 5.56 Å². The number of benzene rings is 2. The highest BCUT2D eigenvalue weighted by Crippen LogP contribution is 2.50. The van der Waals surface area contributed by atoms with E-state index >= 15 is 0 Å². The van der Waals surface area contributed by atoms with Crippen molar-refractivity contribution in [2.75, 3.05) is 12.0 Å². The maximum atomic E-state index is 13.5. The average molecular weight is 444 g/mol. The van der Waals surface area contributed by atoms with Crippen LogP contribution in [0.25, 0.3) is 0 Å². The molecule has 4 rings (SSSR count). The number of methoxy groups -OCH3 is 1. The summed E-state index contributed by atoms with van der Waals surface area (Å²) in [5, 5.41) is 21.5. The van der Waals surface area contributed by atoms with Gasteiger partial charge in [-0.1, -0.05) is 32.0 Å². The predicted octanol–water partition coefficient (Wildman–Crippen LogP) is 4.54. The molecule has 8 heteroatoms. The number of carbonyl (C=O) groups is 1. The topological polar surface area (TPSA) is 122 Å². The number of ether oxygens (including phenoxy) is 1. The molecule has 0 bridgehead atoms. The Labute approximate surface area is 191 Å². The number of allylic oxidation sites excluding steroid dienone is 3. The Morgan fingerprint density at radius 2 is 1.91 bits per heavy atom. The molecule has 0 radical (unpaired) electrons. The van der Waals surface area contributed by atoms with E-state index in [0.29, 0.717) is 35.5 Å². The molecule has 0 unspecified atom stereocenters. The number of hydrogen-bond acceptors (Lipinski definition) is 7. The zero-order valence-corrected chi connectivity index (χ0v) is 18.7. The van der Waals surface area contributed by atoms with Crippen LogP contribution in [-0.4, -0.2) is 17.8 Å². The number of nitro benzene ring substituents is 1. The second kappa shape index (κ2) is 8.10. The minimum Gasteiger partial charge on any atom is -0.497 e. The number of Topliss-reactive ketones (excluding diaryl/α,β-unsaturated/α-hetero) is 1. The highest BCUT2D eigenvalue weighted by atomic mass is 16.6. The van der Waals surface area contributed by atoms with Crippen molar-refractivity contribution in [2.45, 2.75) is 32.6 Å². The maximum Gasteiger partial charge on any atom is 0.271 e. The van der Waals surface area contributed by atoms with Gasteiger partial charge in [0.25, 0.3) is 5.69 Å². The molecule has 1 aliphatic heterocycles. The number of nitrogens with two attached hydrogens (primary N) is 1. The van der Waals surface area contributed by atoms with Gasteiger partial charge in [0, 0.05) is 29.8 Å². The lowest BCUT2D eigenvalue weighted by molar-refractivity contribution is -0.384. The monoisotopic (exact) mass is 444 g/mol. The Kier molecular flexibility index (Phi) is 5.42. The summed E-state index contributed by atoms with van der Waals surface area (Å²) in [5.41, 5.74) is 8.76. The fourth-order valence-electron chi connectivity index (χ4n) is 4.68. The molecule has 2 aliphatic rings. The fourth-order valence-corrected chi connectivity index (χ4v) is 4.68. The number of hydrogen-bond donors (Lipinski definition) is 1. The van der Waals surface area contributed by atoms with Crippen molar-refractivity contribution in [3.63, 3.8) is 0 Å². The second-order valence-electron chi connectivity index (χ2n) is 9.03. The lowest BCUT2D eigenvalue weighted by Crippen LogP contribution is -2.42. The number of rotatable bonds is 4. The van der Waals surface area contributed by atoms with E-state index in [1.807, 2.05) is 26.0 Å². The predicted molar refractivity (Wildman–Crippen MR) is 123 cm³/mol. The smallest absolute Gasteiger partial charge is 0.271 e. The maximum absolute atomic E-state index is 13.5. The first kappa shape index (κ1) is 22.1. The average Bonchev–Trinajstić information content (AvgIpc) is 2.77. The summed E-state index contributed by atoms with van der Waals surface area (Å²) < 4.78 is 5.25. The van der Waals surface area contributed by atoms with Crippen LogP contribution in [0, 0.1) is 26.9 Å². The van der Waals surface area contributed by atoms with Gasteiger partial charge >= 0.3 is 0 Å². The molecule has 168 valence electrons. The van der Waals surface area contributed by atoms with Crippen molar-refractivity contribution in [2.24, 2.45) is 11.1 Å². The third-order valence-electron chi connectivity index (χ3n) is 6.13. The summed E-state index contributed by atoms with van der Waals surface area (Å²) in [6.45, 7) is 4.00. The Bertz CT molecular complexity index is 1250. The van der Waals surface area contributed by atoms with E-state index in [9.17, 15) is 20.2 Å². The summed E-state index contributed by atoms with van der Waals surface area (Å²) in [6.07, 6.45) is 0.864. The molecule has 2 aromatic carbocycles. The molecular weight excluding hydrogens is 420 g/mol. The quantitative estimate of drug-likeness (QED) is 0.542. The molecule has 8 nitrogen and oxygen atoms in total. The number of anilines is 1. The van der Waals surface area contributed by atoms with Crippen LogP contribution < -0.4 is 15.4 Å². The van der Waals surface area contributed by atoms with Gasteiger partial charge in [-0.25, -0.2) is 0 Å². The van der Waals surface area contributed by atoms with E-state index in [2.05, 4.69) is 6.07 Å². The van der Waals surface area contributed by atoms with Crippen LogP contribution >= 0.6 is 0 Å². The van der Waals surface area contributed by atoms with Gasteiger partial charge in [-0.3, -0.25) is 19.8 Å². The first-order chi connectivity index (χ1) is 15.7. The SMILES string of the molecule is COc1ccc([C@H]2C(C#N)=C(N)N(c3cccc([N+](=O)[O-])c3)C3=C2C(=O)CC(C)(C)C3)cc1. The van der Waals surface area contributed by atoms with Crippen molar-refractivity contribution in [3.05, 3.63) is 86.9 Å². The lowest BCUT2D eigenvalue weighted by Gasteiger charge is -2.43. The zero-order valence-electron chi connectivity index (χ0n) is 18.7. The van der Waals surface area contributed by atoms with Crippen LogP contribution in [0.3, 0.4) is 0 Å². The molecule has 1 aliphatic carbocycles. The first-order valence-electron chi connectivity index (χ1n) is 10.5. The number of non-ortho nitro benzene ring substituents is 1. The number of nitro groups is 1. The molecule has 0 saturated heterocycles. The summed E-state index contributed by atoms with van der Waals surface area (Å²) in [7, 11) is 1.57. The molecule has 0 amide bonds. The molecule has 33 heavy (non-hydrogen) atoms. The van der Waals surface area contributed by atoms with Crippen LogP contribution in [0.2, 0.25) is 0 Å². The van der Waals surface area contributed by atoms with Crippen LogP contribution in [-0.2, 0) is 4.79 Å². The van der Waals surface area contributed by atoms with E-state index in [4.69, 9.17) is 10.5 Å². The molecule has 2 N–H and O–H groups in total. The number of nitriles is 1. The fraction of sp³-hybridized carbons (Fsp3) is 0.280. The van der Waals surface area contributed by atoms with Gasteiger partial charge in [-0.2, -0.15) is 5.26 Å². The standard InChI is InChI=1S/C25H24N4O4/c1-25(2)12-20-23(21(30)13-25)22(15-7-9-18(33-3)10-8-15)19(14-26)24(27)28(20)16-5-4-6-17(11-16)29(31)32/h4-11,22H,12-13,27H2,1-3H3/t22-/m0/s1. The van der Waals surface area contributed by atoms with E-state index in [1.165, 1.54) is 12.1 Å². The molecule has 1 heterocycles. The molecule has 2 aromatic rings. The largest absolute Gasteiger partial charge is 0.497 e. The first-order valence-corrected chi connectivity index (χ1v) is 10.5. The summed E-state index contributed by atoms with van der Waals surface area (Å²) in [6, 6.07) is 15.5. The summed E-state index contributed by atoms with van der Waals surface area (Å²) >= 11 is 0. The van der Waals surface area contributed by atoms with Crippen molar-refractivity contribution >= 4 is 17.2 Å². The summed E-state index contributed by atoms with van der Waals surface area (Å²) in [5.74, 6) is 0.156. The van der Waals surface area contributed by atoms with Crippen LogP contribution in [0.1, 0.15) is 38.2 Å². The van der Waals surface area contributed by atoms with Gasteiger partial charge in [0.05, 0.1) is 35.3 Å². The van der Waals surface area contributed by atoms with Crippen LogP contribution in [0.15, 0.2) is 71.2 Å². The molecule has 0 saturated carbocycles. The van der Waals surface area contributed by atoms with Crippen molar-refractivity contribution in [1.29, 1.82) is 5.26 Å². The second-order valence-corrected chi connectivity index (χ2v) is 9.03. The van der Waals surface area contributed by atoms with Gasteiger partial charge in [0.2, 0.25) is 0 Å². The van der Waals surface area contributed by atoms with Crippen molar-refractivity contribution in [1.82, 2.24) is 0 Å². The lowest BCUT2D eigenvalue weighted by atomic mass is 9.68. The van der Waals surface area contributed by atoms with Crippen molar-refractivity contribution < 1.29 is 14.5 Å². The minimum atomic E-state index is -0.616. The summed E-state index contributed by atoms with van der Waals surface area (Å²) in [4.78, 5) is 26.0. The van der Waals surface area contributed by atoms with Gasteiger partial charge in [-0.05, 0) is 35.6 Å². The van der Waals surface area contributed by atoms with Crippen molar-refractivity contribution in [3.8, 4) is 11.8 Å². The Morgan fingerprint density at radius 1 is 1.21 bits per heavy atom. The zero-order chi connectivity index (χ0) is 23.9. The Hall–Kier alpha value is -4.12. The normalized spacial score (nSPS) is 19.8. The minimum absolute atomic E-state index is 0.0576. The number of ketones is 1. The van der Waals surface area contributed by atoms with Crippen LogP contribution in [0.4, 0.5) is 11.4 Å². The molecule has 0 aromatic heterocycles. The Morgan fingerprint density at radius 3 is 2.52 bits per heavy atom. The number of nitrogens with zero attached hydrogens (tertiary/aromatic N) is 3. The molecule has 0 fully saturated rings. The molecule has 0 spiro atoms. The van der Waals surface area contributed by atoms with Gasteiger partial charge in [0.15, 0.2) is 5.78 Å². The van der Waals surface area contributed by atoms with Gasteiger partial charge < -0.3 is 10.5 Å². The molecular formula is C25H24N4O4. The third kappa shape index (κ3) is 3.82. The van der Waals surface area contributed by atoms with Gasteiger partial charge in [-0.15, -0.1) is 0 Å².